The van der Waals surface area contributed by atoms with E-state index in [0.29, 0.717) is 18.2 Å². The number of rotatable bonds is 33. The molecule has 4 rings (SSSR count). The molecule has 0 saturated heterocycles. The van der Waals surface area contributed by atoms with E-state index in [9.17, 15) is 32.8 Å². The quantitative estimate of drug-likeness (QED) is 0.0342. The topological polar surface area (TPSA) is 137 Å². The third-order valence-corrected chi connectivity index (χ3v) is 14.8. The first-order valence-electron chi connectivity index (χ1n) is 28.4. The van der Waals surface area contributed by atoms with Crippen molar-refractivity contribution in [2.24, 2.45) is 0 Å². The van der Waals surface area contributed by atoms with Gasteiger partial charge in [-0.05, 0) is 124 Å². The molecule has 10 nitrogen and oxygen atoms in total. The van der Waals surface area contributed by atoms with Crippen LogP contribution < -0.4 is 23.7 Å². The van der Waals surface area contributed by atoms with Gasteiger partial charge in [-0.1, -0.05) is 175 Å². The molecule has 0 bridgehead atoms. The summed E-state index contributed by atoms with van der Waals surface area (Å²) in [4.78, 5) is 19.9. The molecular formula is C62H99N3O7S. The standard InChI is InChI=1S/3C18H32N.C8H6O7S/c3*1-4-7-15-19(16-8-5-2,17-9-6-3)18-13-11-10-12-14-18;9-7(10)4-1-5(8(11)12)3-6(2-4)16(13,14)15/h3*10-14H,4-9,15-17H2,1-3H3;1-3H,(H,9,10)(H,11,12)(H,13,14,15)/q3*+1;/p-3. The number of aromatic carboxylic acids is 2. The first kappa shape index (κ1) is 66.6. The smallest absolute Gasteiger partial charge is 0.132 e. The second-order valence-electron chi connectivity index (χ2n) is 19.9. The molecule has 0 radical (unpaired) electrons. The van der Waals surface area contributed by atoms with Crippen LogP contribution in [-0.4, -0.2) is 83.8 Å². The highest BCUT2D eigenvalue weighted by atomic mass is 32.2. The van der Waals surface area contributed by atoms with Gasteiger partial charge in [-0.15, -0.1) is 0 Å². The molecule has 11 heteroatoms. The predicted molar refractivity (Wildman–Crippen MR) is 306 cm³/mol. The van der Waals surface area contributed by atoms with Crippen LogP contribution in [0, 0.1) is 0 Å². The number of carbonyl (C=O) groups excluding carboxylic acids is 2. The lowest BCUT2D eigenvalue weighted by Crippen LogP contribution is -2.51. The third kappa shape index (κ3) is 24.7. The van der Waals surface area contributed by atoms with Gasteiger partial charge in [-0.3, -0.25) is 13.4 Å². The summed E-state index contributed by atoms with van der Waals surface area (Å²) in [5.41, 5.74) is 3.13. The molecule has 73 heavy (non-hydrogen) atoms. The number of hydrogen-bond donors (Lipinski definition) is 0. The molecule has 0 spiro atoms. The Hall–Kier alpha value is -4.39. The van der Waals surface area contributed by atoms with Gasteiger partial charge in [0.15, 0.2) is 0 Å². The molecule has 4 aromatic rings. The molecule has 0 N–H and O–H groups in total. The number of nitrogens with zero attached hydrogens (tertiary/aromatic N) is 3. The lowest BCUT2D eigenvalue weighted by Gasteiger charge is -2.38. The zero-order chi connectivity index (χ0) is 54.4. The van der Waals surface area contributed by atoms with Crippen LogP contribution in [0.3, 0.4) is 0 Å². The third-order valence-electron chi connectivity index (χ3n) is 14.0. The lowest BCUT2D eigenvalue weighted by molar-refractivity contribution is -0.255. The fourth-order valence-electron chi connectivity index (χ4n) is 9.53. The summed E-state index contributed by atoms with van der Waals surface area (Å²) in [5.74, 6) is -3.60. The highest BCUT2D eigenvalue weighted by Crippen LogP contribution is 2.29. The van der Waals surface area contributed by atoms with E-state index < -0.39 is 38.1 Å². The lowest BCUT2D eigenvalue weighted by atomic mass is 10.1. The van der Waals surface area contributed by atoms with Crippen molar-refractivity contribution in [2.75, 3.05) is 58.9 Å². The van der Waals surface area contributed by atoms with Gasteiger partial charge < -0.3 is 24.4 Å². The summed E-state index contributed by atoms with van der Waals surface area (Å²) >= 11 is 0. The van der Waals surface area contributed by atoms with Crippen molar-refractivity contribution in [1.29, 1.82) is 0 Å². The number of carboxylic acid groups (broad SMARTS) is 2. The maximum atomic E-state index is 10.6. The van der Waals surface area contributed by atoms with E-state index in [1.54, 1.807) is 0 Å². The SMILES string of the molecule is CCCC[N+](CCCC)(CCCC)c1ccccc1.CCCC[N+](CCCC)(CCCC)c1ccccc1.CCCC[N+](CCCC)(CCCC)c1ccccc1.O=C([O-])c1cc(C(=O)[O-])cc(S(=O)(=O)[O-])c1. The number of benzene rings is 4. The maximum Gasteiger partial charge on any atom is 0.132 e. The van der Waals surface area contributed by atoms with Gasteiger partial charge in [0.2, 0.25) is 0 Å². The minimum atomic E-state index is -4.95. The molecular weight excluding hydrogens is 931 g/mol. The number of unbranched alkanes of at least 4 members (excludes halogenated alkanes) is 9. The zero-order valence-electron chi connectivity index (χ0n) is 47.1. The highest BCUT2D eigenvalue weighted by Gasteiger charge is 2.30. The zero-order valence-corrected chi connectivity index (χ0v) is 47.9. The second-order valence-corrected chi connectivity index (χ2v) is 21.3. The molecule has 0 aliphatic carbocycles. The van der Waals surface area contributed by atoms with Crippen molar-refractivity contribution < 1.29 is 32.8 Å². The van der Waals surface area contributed by atoms with Crippen LogP contribution in [0.15, 0.2) is 114 Å². The number of para-hydroxylation sites is 3. The van der Waals surface area contributed by atoms with Crippen LogP contribution in [0.1, 0.15) is 199 Å². The van der Waals surface area contributed by atoms with Gasteiger partial charge in [-0.25, -0.2) is 8.42 Å². The van der Waals surface area contributed by atoms with E-state index in [-0.39, 0.29) is 0 Å². The minimum absolute atomic E-state index is 0.518. The van der Waals surface area contributed by atoms with Gasteiger partial charge in [0.1, 0.15) is 27.2 Å². The van der Waals surface area contributed by atoms with Gasteiger partial charge in [0, 0.05) is 0 Å². The van der Waals surface area contributed by atoms with Gasteiger partial charge in [0.05, 0.1) is 75.7 Å². The van der Waals surface area contributed by atoms with E-state index >= 15 is 0 Å². The van der Waals surface area contributed by atoms with E-state index in [1.165, 1.54) is 205 Å². The molecule has 0 aliphatic heterocycles. The molecule has 0 amide bonds. The van der Waals surface area contributed by atoms with Crippen LogP contribution in [-0.2, 0) is 10.1 Å². The highest BCUT2D eigenvalue weighted by molar-refractivity contribution is 7.85. The Labute approximate surface area is 445 Å². The van der Waals surface area contributed by atoms with Crippen molar-refractivity contribution in [1.82, 2.24) is 13.4 Å². The Morgan fingerprint density at radius 2 is 0.548 bits per heavy atom. The number of hydrogen-bond acceptors (Lipinski definition) is 7. The fourth-order valence-corrected chi connectivity index (χ4v) is 10.1. The largest absolute Gasteiger partial charge is 0.744 e. The van der Waals surface area contributed by atoms with Crippen LogP contribution >= 0.6 is 0 Å². The molecule has 0 aromatic heterocycles. The average Bonchev–Trinajstić information content (AvgIpc) is 3.41. The van der Waals surface area contributed by atoms with Crippen molar-refractivity contribution >= 4 is 39.1 Å². The maximum absolute atomic E-state index is 10.6. The summed E-state index contributed by atoms with van der Waals surface area (Å²) in [7, 11) is -4.95. The van der Waals surface area contributed by atoms with E-state index in [1.807, 2.05) is 0 Å². The van der Waals surface area contributed by atoms with Gasteiger partial charge in [-0.2, -0.15) is 0 Å². The molecule has 0 heterocycles. The van der Waals surface area contributed by atoms with Crippen molar-refractivity contribution in [3.05, 3.63) is 120 Å². The van der Waals surface area contributed by atoms with Gasteiger partial charge in [0.25, 0.3) is 0 Å². The summed E-state index contributed by atoms with van der Waals surface area (Å²) in [6, 6.07) is 35.3. The van der Waals surface area contributed by atoms with Crippen LogP contribution in [0.25, 0.3) is 0 Å². The minimum Gasteiger partial charge on any atom is -0.744 e. The summed E-state index contributed by atoms with van der Waals surface area (Å²) in [5, 5.41) is 20.9. The number of quaternary nitrogens is 3. The summed E-state index contributed by atoms with van der Waals surface area (Å²) < 4.78 is 35.4. The van der Waals surface area contributed by atoms with Crippen molar-refractivity contribution in [3.8, 4) is 0 Å². The molecule has 0 saturated carbocycles. The van der Waals surface area contributed by atoms with E-state index in [2.05, 4.69) is 153 Å². The molecule has 0 unspecified atom stereocenters. The van der Waals surface area contributed by atoms with Crippen LogP contribution in [0.2, 0.25) is 0 Å². The monoisotopic (exact) mass is 1030 g/mol. The number of carbonyl (C=O) groups is 2. The first-order valence-corrected chi connectivity index (χ1v) is 29.8. The Kier molecular flexibility index (Phi) is 34.9. The second kappa shape index (κ2) is 38.2. The first-order chi connectivity index (χ1) is 35.1. The van der Waals surface area contributed by atoms with Crippen LogP contribution in [0.5, 0.6) is 0 Å². The molecule has 0 fully saturated rings. The van der Waals surface area contributed by atoms with Crippen LogP contribution in [0.4, 0.5) is 17.1 Å². The van der Waals surface area contributed by atoms with Crippen molar-refractivity contribution in [2.45, 2.75) is 183 Å². The number of carboxylic acids is 2. The van der Waals surface area contributed by atoms with Crippen molar-refractivity contribution in [3.63, 3.8) is 0 Å². The van der Waals surface area contributed by atoms with Gasteiger partial charge >= 0.3 is 0 Å². The average molecular weight is 1030 g/mol. The molecule has 0 aliphatic rings. The Morgan fingerprint density at radius 1 is 0.356 bits per heavy atom. The van der Waals surface area contributed by atoms with E-state index in [0.717, 1.165) is 0 Å². The predicted octanol–water partition coefficient (Wildman–Crippen LogP) is 13.5. The van der Waals surface area contributed by atoms with E-state index in [4.69, 9.17) is 0 Å². The summed E-state index contributed by atoms with van der Waals surface area (Å²) in [6.45, 7) is 32.5. The Bertz CT molecular complexity index is 1880. The normalized spacial score (nSPS) is 11.6. The molecule has 0 atom stereocenters. The Morgan fingerprint density at radius 3 is 0.699 bits per heavy atom. The Balaban J connectivity index is 0.000000488. The molecule has 410 valence electrons. The fraction of sp³-hybridized carbons (Fsp3) is 0.581. The molecule has 4 aromatic carbocycles. The summed E-state index contributed by atoms with van der Waals surface area (Å²) in [6.07, 6.45) is 23.7.